The molecule has 0 spiro atoms. The summed E-state index contributed by atoms with van der Waals surface area (Å²) >= 11 is 0. The van der Waals surface area contributed by atoms with Gasteiger partial charge in [-0.3, -0.25) is 4.79 Å². The zero-order valence-corrected chi connectivity index (χ0v) is 6.85. The summed E-state index contributed by atoms with van der Waals surface area (Å²) in [5.74, 6) is -3.15. The van der Waals surface area contributed by atoms with Gasteiger partial charge in [-0.2, -0.15) is 0 Å². The van der Waals surface area contributed by atoms with E-state index in [1.54, 1.807) is 0 Å². The van der Waals surface area contributed by atoms with E-state index >= 15 is 0 Å². The van der Waals surface area contributed by atoms with Crippen LogP contribution in [-0.2, 0) is 24.2 Å². The second-order valence-corrected chi connectivity index (χ2v) is 2.18. The number of carboxylic acids is 1. The highest BCUT2D eigenvalue weighted by Crippen LogP contribution is 1.93. The van der Waals surface area contributed by atoms with Gasteiger partial charge in [0.2, 0.25) is 0 Å². The van der Waals surface area contributed by atoms with Gasteiger partial charge in [-0.05, 0) is 0 Å². The van der Waals surface area contributed by atoms with Gasteiger partial charge in [0.1, 0.15) is 6.04 Å². The Morgan fingerprint density at radius 2 is 1.92 bits per heavy atom. The van der Waals surface area contributed by atoms with Gasteiger partial charge in [-0.15, -0.1) is 0 Å². The lowest BCUT2D eigenvalue weighted by Gasteiger charge is -2.03. The van der Waals surface area contributed by atoms with E-state index in [0.717, 1.165) is 6.92 Å². The molecule has 7 heteroatoms. The maximum absolute atomic E-state index is 10.6. The first kappa shape index (κ1) is 11.4. The Balaban J connectivity index is 3.74. The Labute approximate surface area is 73.3 Å². The largest absolute Gasteiger partial charge is 0.480 e. The second-order valence-electron chi connectivity index (χ2n) is 2.18. The molecule has 1 atom stereocenters. The number of carboxylic acid groups (broad SMARTS) is 1. The SMILES string of the molecule is CC(=O)OOC(=O)CC(N)C(=O)O. The molecule has 13 heavy (non-hydrogen) atoms. The Bertz CT molecular complexity index is 225. The summed E-state index contributed by atoms with van der Waals surface area (Å²) in [6.07, 6.45) is -0.553. The lowest BCUT2D eigenvalue weighted by Crippen LogP contribution is -2.33. The fourth-order valence-corrected chi connectivity index (χ4v) is 0.406. The summed E-state index contributed by atoms with van der Waals surface area (Å²) in [6, 6.07) is -1.36. The van der Waals surface area contributed by atoms with Crippen molar-refractivity contribution < 1.29 is 29.3 Å². The number of rotatable bonds is 3. The van der Waals surface area contributed by atoms with Gasteiger partial charge in [0.05, 0.1) is 6.42 Å². The summed E-state index contributed by atoms with van der Waals surface area (Å²) < 4.78 is 0. The standard InChI is InChI=1S/C6H9NO6/c1-3(8)12-13-5(9)2-4(7)6(10)11/h4H,2,7H2,1H3,(H,10,11). The average molecular weight is 191 g/mol. The van der Waals surface area contributed by atoms with Crippen LogP contribution in [0.4, 0.5) is 0 Å². The van der Waals surface area contributed by atoms with E-state index in [0.29, 0.717) is 0 Å². The molecule has 1 unspecified atom stereocenters. The number of carbonyl (C=O) groups excluding carboxylic acids is 2. The zero-order valence-electron chi connectivity index (χ0n) is 6.85. The maximum Gasteiger partial charge on any atom is 0.357 e. The fraction of sp³-hybridized carbons (Fsp3) is 0.500. The molecule has 0 saturated heterocycles. The van der Waals surface area contributed by atoms with Crippen LogP contribution in [0.25, 0.3) is 0 Å². The van der Waals surface area contributed by atoms with E-state index in [2.05, 4.69) is 9.78 Å². The predicted octanol–water partition coefficient (Wildman–Crippen LogP) is -1.19. The average Bonchev–Trinajstić information content (AvgIpc) is 2.00. The zero-order chi connectivity index (χ0) is 10.4. The molecule has 0 aliphatic heterocycles. The molecule has 0 radical (unpaired) electrons. The maximum atomic E-state index is 10.6. The van der Waals surface area contributed by atoms with Crippen molar-refractivity contribution in [3.63, 3.8) is 0 Å². The molecule has 3 N–H and O–H groups in total. The van der Waals surface area contributed by atoms with Gasteiger partial charge >= 0.3 is 17.9 Å². The molecule has 0 rings (SSSR count). The van der Waals surface area contributed by atoms with Crippen LogP contribution in [0.15, 0.2) is 0 Å². The van der Waals surface area contributed by atoms with Crippen molar-refractivity contribution in [2.45, 2.75) is 19.4 Å². The van der Waals surface area contributed by atoms with E-state index in [-0.39, 0.29) is 0 Å². The normalized spacial score (nSPS) is 11.5. The summed E-state index contributed by atoms with van der Waals surface area (Å²) in [6.45, 7) is 1.03. The smallest absolute Gasteiger partial charge is 0.357 e. The van der Waals surface area contributed by atoms with Crippen molar-refractivity contribution in [3.8, 4) is 0 Å². The van der Waals surface area contributed by atoms with Gasteiger partial charge in [0, 0.05) is 6.92 Å². The van der Waals surface area contributed by atoms with E-state index < -0.39 is 30.4 Å². The number of hydrogen-bond acceptors (Lipinski definition) is 6. The van der Waals surface area contributed by atoms with E-state index in [1.807, 2.05) is 0 Å². The molecule has 0 aromatic rings. The molecular formula is C6H9NO6. The third-order valence-electron chi connectivity index (χ3n) is 0.956. The van der Waals surface area contributed by atoms with Gasteiger partial charge < -0.3 is 10.8 Å². The first-order chi connectivity index (χ1) is 5.93. The van der Waals surface area contributed by atoms with Crippen LogP contribution in [0.2, 0.25) is 0 Å². The summed E-state index contributed by atoms with van der Waals surface area (Å²) in [5.41, 5.74) is 4.98. The topological polar surface area (TPSA) is 116 Å². The van der Waals surface area contributed by atoms with Crippen LogP contribution in [0.1, 0.15) is 13.3 Å². The Morgan fingerprint density at radius 1 is 1.38 bits per heavy atom. The van der Waals surface area contributed by atoms with Crippen molar-refractivity contribution in [2.24, 2.45) is 5.73 Å². The summed E-state index contributed by atoms with van der Waals surface area (Å²) in [4.78, 5) is 38.6. The molecule has 0 amide bonds. The minimum absolute atomic E-state index is 0.553. The molecule has 74 valence electrons. The minimum atomic E-state index is -1.36. The summed E-state index contributed by atoms with van der Waals surface area (Å²) in [5, 5.41) is 8.27. The van der Waals surface area contributed by atoms with Crippen molar-refractivity contribution in [3.05, 3.63) is 0 Å². The number of hydrogen-bond donors (Lipinski definition) is 2. The molecule has 0 fully saturated rings. The lowest BCUT2D eigenvalue weighted by atomic mass is 10.2. The highest BCUT2D eigenvalue weighted by molar-refractivity contribution is 5.81. The van der Waals surface area contributed by atoms with Crippen LogP contribution in [-0.4, -0.2) is 29.1 Å². The first-order valence-corrected chi connectivity index (χ1v) is 3.29. The molecular weight excluding hydrogens is 182 g/mol. The molecule has 0 aliphatic carbocycles. The first-order valence-electron chi connectivity index (χ1n) is 3.29. The summed E-state index contributed by atoms with van der Waals surface area (Å²) in [7, 11) is 0. The van der Waals surface area contributed by atoms with Crippen LogP contribution >= 0.6 is 0 Å². The highest BCUT2D eigenvalue weighted by atomic mass is 17.2. The molecule has 7 nitrogen and oxygen atoms in total. The number of carbonyl (C=O) groups is 3. The Kier molecular flexibility index (Phi) is 4.45. The van der Waals surface area contributed by atoms with Crippen molar-refractivity contribution >= 4 is 17.9 Å². The monoisotopic (exact) mass is 191 g/mol. The Morgan fingerprint density at radius 3 is 2.31 bits per heavy atom. The number of aliphatic carboxylic acids is 1. The molecule has 0 heterocycles. The van der Waals surface area contributed by atoms with E-state index in [1.165, 1.54) is 0 Å². The van der Waals surface area contributed by atoms with Crippen molar-refractivity contribution in [1.29, 1.82) is 0 Å². The lowest BCUT2D eigenvalue weighted by molar-refractivity contribution is -0.257. The van der Waals surface area contributed by atoms with Gasteiger partial charge in [-0.1, -0.05) is 0 Å². The van der Waals surface area contributed by atoms with Crippen LogP contribution in [0.3, 0.4) is 0 Å². The van der Waals surface area contributed by atoms with Crippen LogP contribution in [0.5, 0.6) is 0 Å². The predicted molar refractivity (Wildman–Crippen MR) is 38.1 cm³/mol. The quantitative estimate of drug-likeness (QED) is 0.425. The fourth-order valence-electron chi connectivity index (χ4n) is 0.406. The van der Waals surface area contributed by atoms with E-state index in [9.17, 15) is 14.4 Å². The van der Waals surface area contributed by atoms with Crippen molar-refractivity contribution in [2.75, 3.05) is 0 Å². The third-order valence-corrected chi connectivity index (χ3v) is 0.956. The molecule has 0 bridgehead atoms. The van der Waals surface area contributed by atoms with Crippen LogP contribution in [0, 0.1) is 0 Å². The highest BCUT2D eigenvalue weighted by Gasteiger charge is 2.18. The molecule has 0 aliphatic rings. The van der Waals surface area contributed by atoms with Gasteiger partial charge in [0.25, 0.3) is 0 Å². The molecule has 0 aromatic carbocycles. The van der Waals surface area contributed by atoms with E-state index in [4.69, 9.17) is 10.8 Å². The second kappa shape index (κ2) is 5.09. The van der Waals surface area contributed by atoms with Crippen LogP contribution < -0.4 is 5.73 Å². The molecule has 0 aromatic heterocycles. The van der Waals surface area contributed by atoms with Crippen molar-refractivity contribution in [1.82, 2.24) is 0 Å². The molecule has 0 saturated carbocycles. The third kappa shape index (κ3) is 5.62. The van der Waals surface area contributed by atoms with Gasteiger partial charge in [0.15, 0.2) is 0 Å². The Hall–Kier alpha value is -1.63. The minimum Gasteiger partial charge on any atom is -0.480 e. The van der Waals surface area contributed by atoms with Gasteiger partial charge in [-0.25, -0.2) is 19.4 Å². The number of nitrogens with two attached hydrogens (primary N) is 1.